The predicted molar refractivity (Wildman–Crippen MR) is 112 cm³/mol. The van der Waals surface area contributed by atoms with E-state index < -0.39 is 30.4 Å². The van der Waals surface area contributed by atoms with Gasteiger partial charge in [0.25, 0.3) is 17.7 Å². The summed E-state index contributed by atoms with van der Waals surface area (Å²) in [5, 5.41) is 7.77. The molecule has 2 rings (SSSR count). The van der Waals surface area contributed by atoms with Gasteiger partial charge in [0.1, 0.15) is 6.04 Å². The molecule has 30 heavy (non-hydrogen) atoms. The van der Waals surface area contributed by atoms with Gasteiger partial charge in [-0.25, -0.2) is 4.79 Å². The van der Waals surface area contributed by atoms with Crippen molar-refractivity contribution < 1.29 is 23.9 Å². The van der Waals surface area contributed by atoms with Crippen LogP contribution in [0.5, 0.6) is 0 Å². The molecule has 0 spiro atoms. The second-order valence-corrected chi connectivity index (χ2v) is 6.66. The van der Waals surface area contributed by atoms with Gasteiger partial charge in [-0.15, -0.1) is 0 Å². The zero-order valence-electron chi connectivity index (χ0n) is 17.2. The third-order valence-electron chi connectivity index (χ3n) is 4.07. The highest BCUT2D eigenvalue weighted by atomic mass is 16.5. The summed E-state index contributed by atoms with van der Waals surface area (Å²) in [5.74, 6) is -1.95. The number of nitrogens with one attached hydrogen (secondary N) is 3. The predicted octanol–water partition coefficient (Wildman–Crippen LogP) is 2.04. The highest BCUT2D eigenvalue weighted by Gasteiger charge is 2.19. The fourth-order valence-electron chi connectivity index (χ4n) is 2.58. The first kappa shape index (κ1) is 22.6. The lowest BCUT2D eigenvalue weighted by Crippen LogP contribution is -2.40. The quantitative estimate of drug-likeness (QED) is 0.576. The number of carbonyl (C=O) groups is 4. The van der Waals surface area contributed by atoms with Crippen LogP contribution in [0.25, 0.3) is 0 Å². The van der Waals surface area contributed by atoms with Crippen molar-refractivity contribution in [3.63, 3.8) is 0 Å². The molecule has 2 aromatic carbocycles. The molecule has 0 bridgehead atoms. The number of benzene rings is 2. The van der Waals surface area contributed by atoms with Gasteiger partial charge in [0, 0.05) is 23.4 Å². The zero-order chi connectivity index (χ0) is 22.1. The fraction of sp³-hybridized carbons (Fsp3) is 0.273. The van der Waals surface area contributed by atoms with Gasteiger partial charge >= 0.3 is 5.97 Å². The molecule has 158 valence electrons. The standard InChI is InChI=1S/C22H25N3O5/c1-4-23-20(27)17-9-6-10-18(12-17)25-19(26)13-30-22(29)15(3)24-21(28)16-8-5-7-14(2)11-16/h5-12,15H,4,13H2,1-3H3,(H,23,27)(H,24,28)(H,25,26)/t15-/m0/s1. The molecular formula is C22H25N3O5. The zero-order valence-corrected chi connectivity index (χ0v) is 17.2. The van der Waals surface area contributed by atoms with E-state index in [1.807, 2.05) is 19.9 Å². The Bertz CT molecular complexity index is 942. The number of anilines is 1. The molecule has 0 aliphatic carbocycles. The molecule has 0 aliphatic heterocycles. The van der Waals surface area contributed by atoms with Crippen LogP contribution in [0.4, 0.5) is 5.69 Å². The molecule has 0 fully saturated rings. The van der Waals surface area contributed by atoms with Crippen LogP contribution < -0.4 is 16.0 Å². The van der Waals surface area contributed by atoms with Crippen molar-refractivity contribution >= 4 is 29.4 Å². The van der Waals surface area contributed by atoms with Crippen LogP contribution in [0.3, 0.4) is 0 Å². The minimum Gasteiger partial charge on any atom is -0.454 e. The van der Waals surface area contributed by atoms with Gasteiger partial charge in [-0.3, -0.25) is 14.4 Å². The maximum atomic E-state index is 12.2. The lowest BCUT2D eigenvalue weighted by Gasteiger charge is -2.14. The lowest BCUT2D eigenvalue weighted by molar-refractivity contribution is -0.148. The van der Waals surface area contributed by atoms with Crippen LogP contribution in [0.15, 0.2) is 48.5 Å². The number of amides is 3. The maximum Gasteiger partial charge on any atom is 0.328 e. The summed E-state index contributed by atoms with van der Waals surface area (Å²) in [7, 11) is 0. The van der Waals surface area contributed by atoms with Crippen molar-refractivity contribution in [2.75, 3.05) is 18.5 Å². The lowest BCUT2D eigenvalue weighted by atomic mass is 10.1. The first-order valence-corrected chi connectivity index (χ1v) is 9.52. The Morgan fingerprint density at radius 2 is 1.63 bits per heavy atom. The largest absolute Gasteiger partial charge is 0.454 e. The summed E-state index contributed by atoms with van der Waals surface area (Å²) >= 11 is 0. The summed E-state index contributed by atoms with van der Waals surface area (Å²) in [6.07, 6.45) is 0. The number of carbonyl (C=O) groups excluding carboxylic acids is 4. The summed E-state index contributed by atoms with van der Waals surface area (Å²) in [4.78, 5) is 48.2. The maximum absolute atomic E-state index is 12.2. The van der Waals surface area contributed by atoms with E-state index in [-0.39, 0.29) is 5.91 Å². The highest BCUT2D eigenvalue weighted by molar-refractivity contribution is 5.99. The Kier molecular flexibility index (Phi) is 8.10. The van der Waals surface area contributed by atoms with E-state index in [2.05, 4.69) is 16.0 Å². The topological polar surface area (TPSA) is 114 Å². The van der Waals surface area contributed by atoms with E-state index in [4.69, 9.17) is 4.74 Å². The molecule has 3 amide bonds. The molecule has 0 saturated heterocycles. The van der Waals surface area contributed by atoms with Gasteiger partial charge in [-0.2, -0.15) is 0 Å². The van der Waals surface area contributed by atoms with Gasteiger partial charge in [0.15, 0.2) is 6.61 Å². The Morgan fingerprint density at radius 1 is 0.967 bits per heavy atom. The number of rotatable bonds is 8. The minimum absolute atomic E-state index is 0.252. The number of esters is 1. The van der Waals surface area contributed by atoms with E-state index in [0.29, 0.717) is 23.4 Å². The average Bonchev–Trinajstić information content (AvgIpc) is 2.72. The fourth-order valence-corrected chi connectivity index (χ4v) is 2.58. The number of aryl methyl sites for hydroxylation is 1. The van der Waals surface area contributed by atoms with Crippen molar-refractivity contribution in [1.82, 2.24) is 10.6 Å². The van der Waals surface area contributed by atoms with E-state index in [9.17, 15) is 19.2 Å². The molecule has 1 atom stereocenters. The monoisotopic (exact) mass is 411 g/mol. The molecule has 0 radical (unpaired) electrons. The van der Waals surface area contributed by atoms with Gasteiger partial charge in [0.2, 0.25) is 0 Å². The van der Waals surface area contributed by atoms with Crippen LogP contribution in [-0.2, 0) is 14.3 Å². The van der Waals surface area contributed by atoms with Crippen molar-refractivity contribution in [3.05, 3.63) is 65.2 Å². The van der Waals surface area contributed by atoms with Crippen molar-refractivity contribution in [2.24, 2.45) is 0 Å². The molecule has 8 heteroatoms. The molecule has 8 nitrogen and oxygen atoms in total. The van der Waals surface area contributed by atoms with Crippen molar-refractivity contribution in [1.29, 1.82) is 0 Å². The van der Waals surface area contributed by atoms with Crippen LogP contribution in [-0.4, -0.2) is 42.9 Å². The molecule has 3 N–H and O–H groups in total. The summed E-state index contributed by atoms with van der Waals surface area (Å²) in [6.45, 7) is 5.11. The van der Waals surface area contributed by atoms with Gasteiger partial charge in [-0.05, 0) is 51.1 Å². The summed E-state index contributed by atoms with van der Waals surface area (Å²) in [6, 6.07) is 12.4. The molecule has 0 heterocycles. The third kappa shape index (κ3) is 6.73. The van der Waals surface area contributed by atoms with Crippen molar-refractivity contribution in [3.8, 4) is 0 Å². The number of hydrogen-bond donors (Lipinski definition) is 3. The number of ether oxygens (including phenoxy) is 1. The van der Waals surface area contributed by atoms with Crippen LogP contribution in [0.1, 0.15) is 40.1 Å². The Morgan fingerprint density at radius 3 is 2.30 bits per heavy atom. The highest BCUT2D eigenvalue weighted by Crippen LogP contribution is 2.11. The molecular weight excluding hydrogens is 386 g/mol. The van der Waals surface area contributed by atoms with E-state index in [1.54, 1.807) is 36.4 Å². The second-order valence-electron chi connectivity index (χ2n) is 6.66. The first-order chi connectivity index (χ1) is 14.3. The SMILES string of the molecule is CCNC(=O)c1cccc(NC(=O)COC(=O)[C@H](C)NC(=O)c2cccc(C)c2)c1. The van der Waals surface area contributed by atoms with Gasteiger partial charge in [0.05, 0.1) is 0 Å². The second kappa shape index (κ2) is 10.8. The van der Waals surface area contributed by atoms with E-state index >= 15 is 0 Å². The van der Waals surface area contributed by atoms with Crippen molar-refractivity contribution in [2.45, 2.75) is 26.8 Å². The van der Waals surface area contributed by atoms with Crippen LogP contribution in [0.2, 0.25) is 0 Å². The molecule has 0 aromatic heterocycles. The molecule has 0 saturated carbocycles. The van der Waals surface area contributed by atoms with Crippen LogP contribution >= 0.6 is 0 Å². The van der Waals surface area contributed by atoms with Gasteiger partial charge in [-0.1, -0.05) is 23.8 Å². The third-order valence-corrected chi connectivity index (χ3v) is 4.07. The molecule has 2 aromatic rings. The van der Waals surface area contributed by atoms with E-state index in [0.717, 1.165) is 5.56 Å². The number of hydrogen-bond acceptors (Lipinski definition) is 5. The Hall–Kier alpha value is -3.68. The molecule has 0 aliphatic rings. The summed E-state index contributed by atoms with van der Waals surface area (Å²) in [5.41, 5.74) is 2.16. The van der Waals surface area contributed by atoms with E-state index in [1.165, 1.54) is 13.0 Å². The average molecular weight is 411 g/mol. The van der Waals surface area contributed by atoms with Gasteiger partial charge < -0.3 is 20.7 Å². The Labute approximate surface area is 175 Å². The minimum atomic E-state index is -0.924. The first-order valence-electron chi connectivity index (χ1n) is 9.52. The Balaban J connectivity index is 1.84. The normalized spacial score (nSPS) is 11.2. The molecule has 0 unspecified atom stereocenters. The smallest absolute Gasteiger partial charge is 0.328 e. The van der Waals surface area contributed by atoms with Crippen LogP contribution in [0, 0.1) is 6.92 Å². The summed E-state index contributed by atoms with van der Waals surface area (Å²) < 4.78 is 4.97.